The maximum absolute atomic E-state index is 9.88. The number of hydrogen-bond donors (Lipinski definition) is 1. The van der Waals surface area contributed by atoms with Crippen LogP contribution >= 0.6 is 11.3 Å². The number of nitriles is 1. The van der Waals surface area contributed by atoms with E-state index in [9.17, 15) is 4.79 Å². The lowest BCUT2D eigenvalue weighted by Crippen LogP contribution is -1.88. The van der Waals surface area contributed by atoms with Crippen LogP contribution in [0.5, 0.6) is 0 Å². The lowest BCUT2D eigenvalue weighted by Gasteiger charge is -1.85. The van der Waals surface area contributed by atoms with Crippen molar-refractivity contribution in [1.29, 1.82) is 5.26 Å². The fraction of sp³-hybridized carbons (Fsp3) is 0. The summed E-state index contributed by atoms with van der Waals surface area (Å²) in [6, 6.07) is 3.58. The Kier molecular flexibility index (Phi) is 2.03. The van der Waals surface area contributed by atoms with Crippen molar-refractivity contribution in [2.75, 3.05) is 5.32 Å². The van der Waals surface area contributed by atoms with Gasteiger partial charge in [-0.05, 0) is 6.07 Å². The van der Waals surface area contributed by atoms with Gasteiger partial charge >= 0.3 is 0 Å². The van der Waals surface area contributed by atoms with Crippen LogP contribution in [0.2, 0.25) is 0 Å². The number of nitrogens with zero attached hydrogens (tertiary/aromatic N) is 1. The van der Waals surface area contributed by atoms with Gasteiger partial charge < -0.3 is 5.32 Å². The first-order chi connectivity index (χ1) is 4.86. The summed E-state index contributed by atoms with van der Waals surface area (Å²) >= 11 is 1.33. The zero-order valence-corrected chi connectivity index (χ0v) is 5.81. The second-order valence-electron chi connectivity index (χ2n) is 1.57. The Balaban J connectivity index is 2.80. The molecule has 0 aromatic carbocycles. The molecule has 50 valence electrons. The van der Waals surface area contributed by atoms with E-state index >= 15 is 0 Å². The van der Waals surface area contributed by atoms with Gasteiger partial charge in [0.15, 0.2) is 0 Å². The molecule has 1 aromatic heterocycles. The molecular formula is C6H4N2OS. The van der Waals surface area contributed by atoms with Gasteiger partial charge in [-0.25, -0.2) is 0 Å². The summed E-state index contributed by atoms with van der Waals surface area (Å²) in [6.45, 7) is 0. The first-order valence-electron chi connectivity index (χ1n) is 2.55. The molecule has 0 aliphatic heterocycles. The molecule has 1 N–H and O–H groups in total. The molecule has 0 radical (unpaired) electrons. The average molecular weight is 152 g/mol. The Morgan fingerprint density at radius 2 is 2.60 bits per heavy atom. The first-order valence-corrected chi connectivity index (χ1v) is 3.43. The van der Waals surface area contributed by atoms with E-state index in [0.717, 1.165) is 0 Å². The van der Waals surface area contributed by atoms with Crippen molar-refractivity contribution in [1.82, 2.24) is 0 Å². The van der Waals surface area contributed by atoms with Crippen molar-refractivity contribution in [3.05, 3.63) is 17.0 Å². The van der Waals surface area contributed by atoms with Crippen LogP contribution < -0.4 is 5.32 Å². The normalized spacial score (nSPS) is 8.30. The van der Waals surface area contributed by atoms with Gasteiger partial charge in [0.25, 0.3) is 0 Å². The van der Waals surface area contributed by atoms with E-state index in [1.54, 1.807) is 11.4 Å². The highest BCUT2D eigenvalue weighted by atomic mass is 32.1. The van der Waals surface area contributed by atoms with E-state index in [1.807, 2.05) is 6.07 Å². The lowest BCUT2D eigenvalue weighted by atomic mass is 10.4. The molecule has 0 atom stereocenters. The van der Waals surface area contributed by atoms with Crippen LogP contribution in [0.15, 0.2) is 11.4 Å². The predicted octanol–water partition coefficient (Wildman–Crippen LogP) is 1.19. The molecule has 1 rings (SSSR count). The van der Waals surface area contributed by atoms with Crippen molar-refractivity contribution in [2.45, 2.75) is 0 Å². The number of thiophene rings is 1. The lowest BCUT2D eigenvalue weighted by molar-refractivity contribution is -0.105. The van der Waals surface area contributed by atoms with Crippen molar-refractivity contribution >= 4 is 22.7 Å². The standard InChI is InChI=1S/C6H4N2OS/c7-2-5-1-6(8-4-9)10-3-5/h1,3-4H,(H,8,9). The van der Waals surface area contributed by atoms with Crippen molar-refractivity contribution in [3.63, 3.8) is 0 Å². The largest absolute Gasteiger partial charge is 0.320 e. The van der Waals surface area contributed by atoms with Gasteiger partial charge in [-0.15, -0.1) is 11.3 Å². The van der Waals surface area contributed by atoms with Gasteiger partial charge in [0, 0.05) is 5.38 Å². The maximum Gasteiger partial charge on any atom is 0.212 e. The SMILES string of the molecule is N#Cc1csc(NC=O)c1. The smallest absolute Gasteiger partial charge is 0.212 e. The summed E-state index contributed by atoms with van der Waals surface area (Å²) in [6.07, 6.45) is 0.590. The molecule has 10 heavy (non-hydrogen) atoms. The summed E-state index contributed by atoms with van der Waals surface area (Å²) in [4.78, 5) is 9.88. The number of carbonyl (C=O) groups is 1. The van der Waals surface area contributed by atoms with Crippen LogP contribution in [-0.2, 0) is 4.79 Å². The molecule has 3 nitrogen and oxygen atoms in total. The minimum absolute atomic E-state index is 0.578. The number of anilines is 1. The zero-order chi connectivity index (χ0) is 7.40. The Morgan fingerprint density at radius 3 is 3.10 bits per heavy atom. The van der Waals surface area contributed by atoms with E-state index in [0.29, 0.717) is 17.0 Å². The van der Waals surface area contributed by atoms with Crippen molar-refractivity contribution < 1.29 is 4.79 Å². The highest BCUT2D eigenvalue weighted by Gasteiger charge is 1.95. The van der Waals surface area contributed by atoms with E-state index in [2.05, 4.69) is 5.32 Å². The zero-order valence-electron chi connectivity index (χ0n) is 5.00. The average Bonchev–Trinajstić information content (AvgIpc) is 2.37. The maximum atomic E-state index is 9.88. The third-order valence-corrected chi connectivity index (χ3v) is 1.79. The molecule has 1 amide bonds. The van der Waals surface area contributed by atoms with Crippen LogP contribution in [0.4, 0.5) is 5.00 Å². The van der Waals surface area contributed by atoms with Crippen LogP contribution in [0.25, 0.3) is 0 Å². The summed E-state index contributed by atoms with van der Waals surface area (Å²) in [7, 11) is 0. The second-order valence-corrected chi connectivity index (χ2v) is 2.48. The molecule has 0 saturated carbocycles. The van der Waals surface area contributed by atoms with Gasteiger partial charge in [-0.1, -0.05) is 0 Å². The van der Waals surface area contributed by atoms with E-state index < -0.39 is 0 Å². The molecule has 0 saturated heterocycles. The molecule has 4 heteroatoms. The third kappa shape index (κ3) is 1.33. The fourth-order valence-corrected chi connectivity index (χ4v) is 1.21. The third-order valence-electron chi connectivity index (χ3n) is 0.930. The molecule has 1 aromatic rings. The fourth-order valence-electron chi connectivity index (χ4n) is 0.529. The minimum Gasteiger partial charge on any atom is -0.320 e. The van der Waals surface area contributed by atoms with Crippen LogP contribution in [-0.4, -0.2) is 6.41 Å². The van der Waals surface area contributed by atoms with Gasteiger partial charge in [-0.2, -0.15) is 5.26 Å². The number of nitrogens with one attached hydrogen (secondary N) is 1. The van der Waals surface area contributed by atoms with E-state index in [1.165, 1.54) is 11.3 Å². The highest BCUT2D eigenvalue weighted by molar-refractivity contribution is 7.14. The van der Waals surface area contributed by atoms with Gasteiger partial charge in [0.2, 0.25) is 6.41 Å². The summed E-state index contributed by atoms with van der Waals surface area (Å²) in [5.74, 6) is 0. The Labute approximate surface area is 61.9 Å². The van der Waals surface area contributed by atoms with Crippen LogP contribution in [0.1, 0.15) is 5.56 Å². The first kappa shape index (κ1) is 6.78. The molecule has 0 fully saturated rings. The minimum atomic E-state index is 0.578. The monoisotopic (exact) mass is 152 g/mol. The molecule has 0 bridgehead atoms. The van der Waals surface area contributed by atoms with Gasteiger partial charge in [0.05, 0.1) is 10.6 Å². The summed E-state index contributed by atoms with van der Waals surface area (Å²) in [5.41, 5.74) is 0.578. The molecule has 0 aliphatic rings. The summed E-state index contributed by atoms with van der Waals surface area (Å²) < 4.78 is 0. The molecular weight excluding hydrogens is 148 g/mol. The number of carbonyl (C=O) groups excluding carboxylic acids is 1. The van der Waals surface area contributed by atoms with Crippen LogP contribution in [0.3, 0.4) is 0 Å². The van der Waals surface area contributed by atoms with Gasteiger partial charge in [0.1, 0.15) is 6.07 Å². The molecule has 1 heterocycles. The molecule has 0 spiro atoms. The van der Waals surface area contributed by atoms with Crippen LogP contribution in [0, 0.1) is 11.3 Å². The topological polar surface area (TPSA) is 52.9 Å². The van der Waals surface area contributed by atoms with Crippen molar-refractivity contribution in [2.24, 2.45) is 0 Å². The summed E-state index contributed by atoms with van der Waals surface area (Å²) in [5, 5.41) is 13.2. The van der Waals surface area contributed by atoms with Gasteiger partial charge in [-0.3, -0.25) is 4.79 Å². The second kappa shape index (κ2) is 2.99. The number of hydrogen-bond acceptors (Lipinski definition) is 3. The Bertz CT molecular complexity index is 274. The highest BCUT2D eigenvalue weighted by Crippen LogP contribution is 2.18. The predicted molar refractivity (Wildman–Crippen MR) is 38.7 cm³/mol. The van der Waals surface area contributed by atoms with Crippen molar-refractivity contribution in [3.8, 4) is 6.07 Å². The molecule has 0 unspecified atom stereocenters. The quantitative estimate of drug-likeness (QED) is 0.647. The van der Waals surface area contributed by atoms with E-state index in [-0.39, 0.29) is 0 Å². The van der Waals surface area contributed by atoms with E-state index in [4.69, 9.17) is 5.26 Å². The molecule has 0 aliphatic carbocycles. The Morgan fingerprint density at radius 1 is 1.80 bits per heavy atom. The Hall–Kier alpha value is -1.34. The number of amides is 1. The number of rotatable bonds is 2.